The third kappa shape index (κ3) is 4.81. The minimum absolute atomic E-state index is 0.118. The minimum atomic E-state index is -0.354. The molecule has 8 heteroatoms. The largest absolute Gasteiger partial charge is 0.496 e. The summed E-state index contributed by atoms with van der Waals surface area (Å²) < 4.78 is 20.5. The summed E-state index contributed by atoms with van der Waals surface area (Å²) >= 11 is 1.27. The van der Waals surface area contributed by atoms with E-state index in [1.165, 1.54) is 36.0 Å². The Morgan fingerprint density at radius 1 is 1.03 bits per heavy atom. The molecule has 0 aliphatic heterocycles. The second-order valence-electron chi connectivity index (χ2n) is 7.02. The first-order valence-corrected chi connectivity index (χ1v) is 10.9. The lowest BCUT2D eigenvalue weighted by atomic mass is 10.1. The highest BCUT2D eigenvalue weighted by atomic mass is 32.2. The second-order valence-corrected chi connectivity index (χ2v) is 7.96. The van der Waals surface area contributed by atoms with Crippen molar-refractivity contribution in [1.82, 2.24) is 14.8 Å². The number of nitrogens with one attached hydrogen (secondary N) is 1. The molecule has 1 aromatic heterocycles. The van der Waals surface area contributed by atoms with E-state index >= 15 is 0 Å². The van der Waals surface area contributed by atoms with Gasteiger partial charge < -0.3 is 10.1 Å². The van der Waals surface area contributed by atoms with Crippen LogP contribution in [0.3, 0.4) is 0 Å². The van der Waals surface area contributed by atoms with E-state index in [4.69, 9.17) is 4.74 Å². The molecule has 0 bridgehead atoms. The zero-order valence-corrected chi connectivity index (χ0v) is 18.4. The van der Waals surface area contributed by atoms with Crippen molar-refractivity contribution in [3.8, 4) is 22.8 Å². The van der Waals surface area contributed by atoms with Crippen molar-refractivity contribution in [2.75, 3.05) is 18.2 Å². The average Bonchev–Trinajstić information content (AvgIpc) is 3.23. The Morgan fingerprint density at radius 2 is 1.75 bits per heavy atom. The molecule has 0 saturated heterocycles. The summed E-state index contributed by atoms with van der Waals surface area (Å²) in [5.74, 6) is 0.839. The van der Waals surface area contributed by atoms with E-state index in [9.17, 15) is 9.18 Å². The van der Waals surface area contributed by atoms with E-state index < -0.39 is 0 Å². The Morgan fingerprint density at radius 3 is 2.47 bits per heavy atom. The molecule has 32 heavy (non-hydrogen) atoms. The van der Waals surface area contributed by atoms with Crippen LogP contribution in [0, 0.1) is 12.7 Å². The van der Waals surface area contributed by atoms with Crippen molar-refractivity contribution in [1.29, 1.82) is 0 Å². The van der Waals surface area contributed by atoms with Gasteiger partial charge in [-0.1, -0.05) is 41.6 Å². The molecule has 4 aromatic rings. The van der Waals surface area contributed by atoms with Crippen molar-refractivity contribution < 1.29 is 13.9 Å². The number of anilines is 1. The van der Waals surface area contributed by atoms with Gasteiger partial charge in [0.15, 0.2) is 11.0 Å². The van der Waals surface area contributed by atoms with Crippen LogP contribution in [0.1, 0.15) is 5.56 Å². The van der Waals surface area contributed by atoms with Crippen LogP contribution in [-0.2, 0) is 4.79 Å². The maximum atomic E-state index is 13.1. The lowest BCUT2D eigenvalue weighted by Crippen LogP contribution is -2.14. The van der Waals surface area contributed by atoms with E-state index in [0.29, 0.717) is 22.4 Å². The SMILES string of the molecule is COc1ccccc1-c1nnc(SCC(=O)Nc2ccc(F)cc2)n1-c1ccc(C)cc1. The van der Waals surface area contributed by atoms with E-state index in [-0.39, 0.29) is 17.5 Å². The van der Waals surface area contributed by atoms with Gasteiger partial charge in [-0.05, 0) is 55.5 Å². The molecule has 1 amide bonds. The number of rotatable bonds is 7. The molecule has 0 radical (unpaired) electrons. The second kappa shape index (κ2) is 9.65. The van der Waals surface area contributed by atoms with Crippen LogP contribution in [0.5, 0.6) is 5.75 Å². The lowest BCUT2D eigenvalue weighted by molar-refractivity contribution is -0.113. The minimum Gasteiger partial charge on any atom is -0.496 e. The molecular weight excluding hydrogens is 427 g/mol. The number of nitrogens with zero attached hydrogens (tertiary/aromatic N) is 3. The number of halogens is 1. The van der Waals surface area contributed by atoms with Crippen molar-refractivity contribution >= 4 is 23.4 Å². The normalized spacial score (nSPS) is 10.7. The van der Waals surface area contributed by atoms with Crippen molar-refractivity contribution in [3.05, 3.63) is 84.2 Å². The van der Waals surface area contributed by atoms with Gasteiger partial charge in [0.1, 0.15) is 11.6 Å². The highest BCUT2D eigenvalue weighted by Gasteiger charge is 2.19. The molecule has 0 atom stereocenters. The van der Waals surface area contributed by atoms with Gasteiger partial charge in [-0.15, -0.1) is 10.2 Å². The van der Waals surface area contributed by atoms with Crippen molar-refractivity contribution in [2.24, 2.45) is 0 Å². The van der Waals surface area contributed by atoms with Gasteiger partial charge in [0.05, 0.1) is 18.4 Å². The zero-order chi connectivity index (χ0) is 22.5. The predicted octanol–water partition coefficient (Wildman–Crippen LogP) is 5.12. The first-order chi connectivity index (χ1) is 15.5. The van der Waals surface area contributed by atoms with Crippen molar-refractivity contribution in [3.63, 3.8) is 0 Å². The van der Waals surface area contributed by atoms with E-state index in [2.05, 4.69) is 15.5 Å². The van der Waals surface area contributed by atoms with Crippen LogP contribution < -0.4 is 10.1 Å². The Kier molecular flexibility index (Phi) is 6.51. The molecule has 0 spiro atoms. The number of para-hydroxylation sites is 1. The maximum Gasteiger partial charge on any atom is 0.234 e. The number of aromatic nitrogens is 3. The van der Waals surface area contributed by atoms with Gasteiger partial charge in [-0.3, -0.25) is 9.36 Å². The summed E-state index contributed by atoms with van der Waals surface area (Å²) in [7, 11) is 1.61. The molecule has 0 unspecified atom stereocenters. The molecule has 6 nitrogen and oxygen atoms in total. The summed E-state index contributed by atoms with van der Waals surface area (Å²) in [6.07, 6.45) is 0. The van der Waals surface area contributed by atoms with E-state index in [1.807, 2.05) is 60.0 Å². The average molecular weight is 449 g/mol. The highest BCUT2D eigenvalue weighted by Crippen LogP contribution is 2.33. The van der Waals surface area contributed by atoms with Gasteiger partial charge >= 0.3 is 0 Å². The van der Waals surface area contributed by atoms with Crippen LogP contribution in [0.15, 0.2) is 78.0 Å². The summed E-state index contributed by atoms with van der Waals surface area (Å²) in [4.78, 5) is 12.4. The zero-order valence-electron chi connectivity index (χ0n) is 17.6. The molecule has 0 aliphatic rings. The summed E-state index contributed by atoms with van der Waals surface area (Å²) in [5.41, 5.74) is 3.34. The number of ether oxygens (including phenoxy) is 1. The Balaban J connectivity index is 1.63. The van der Waals surface area contributed by atoms with Crippen LogP contribution in [0.25, 0.3) is 17.1 Å². The van der Waals surface area contributed by atoms with Gasteiger partial charge in [0.25, 0.3) is 0 Å². The number of thioether (sulfide) groups is 1. The Labute approximate surface area is 189 Å². The van der Waals surface area contributed by atoms with Gasteiger partial charge in [0, 0.05) is 11.4 Å². The molecule has 4 rings (SSSR count). The molecule has 0 saturated carbocycles. The highest BCUT2D eigenvalue weighted by molar-refractivity contribution is 7.99. The third-order valence-corrected chi connectivity index (χ3v) is 5.66. The fraction of sp³-hybridized carbons (Fsp3) is 0.125. The number of hydrogen-bond donors (Lipinski definition) is 1. The molecule has 1 heterocycles. The number of carbonyl (C=O) groups is 1. The number of hydrogen-bond acceptors (Lipinski definition) is 5. The quantitative estimate of drug-likeness (QED) is 0.398. The number of amides is 1. The monoisotopic (exact) mass is 448 g/mol. The van der Waals surface area contributed by atoms with Gasteiger partial charge in [0.2, 0.25) is 5.91 Å². The standard InChI is InChI=1S/C24H21FN4O2S/c1-16-7-13-19(14-8-16)29-23(20-5-3-4-6-21(20)31-2)27-28-24(29)32-15-22(30)26-18-11-9-17(25)10-12-18/h3-14H,15H2,1-2H3,(H,26,30). The van der Waals surface area contributed by atoms with Crippen LogP contribution in [-0.4, -0.2) is 33.5 Å². The smallest absolute Gasteiger partial charge is 0.234 e. The third-order valence-electron chi connectivity index (χ3n) is 4.73. The topological polar surface area (TPSA) is 69.0 Å². The molecule has 162 valence electrons. The first kappa shape index (κ1) is 21.6. The predicted molar refractivity (Wildman–Crippen MR) is 124 cm³/mol. The van der Waals surface area contributed by atoms with Crippen molar-refractivity contribution in [2.45, 2.75) is 12.1 Å². The number of carbonyl (C=O) groups excluding carboxylic acids is 1. The fourth-order valence-corrected chi connectivity index (χ4v) is 3.91. The molecule has 1 N–H and O–H groups in total. The van der Waals surface area contributed by atoms with Gasteiger partial charge in [-0.25, -0.2) is 4.39 Å². The number of benzene rings is 3. The summed E-state index contributed by atoms with van der Waals surface area (Å²) in [6, 6.07) is 21.2. The van der Waals surface area contributed by atoms with Crippen LogP contribution >= 0.6 is 11.8 Å². The van der Waals surface area contributed by atoms with E-state index in [0.717, 1.165) is 16.8 Å². The summed E-state index contributed by atoms with van der Waals surface area (Å²) in [5, 5.41) is 12.1. The Hall–Kier alpha value is -3.65. The molecule has 0 fully saturated rings. The fourth-order valence-electron chi connectivity index (χ4n) is 3.15. The molecule has 3 aromatic carbocycles. The Bertz CT molecular complexity index is 1220. The number of methoxy groups -OCH3 is 1. The molecular formula is C24H21FN4O2S. The number of aryl methyl sites for hydroxylation is 1. The van der Waals surface area contributed by atoms with Gasteiger partial charge in [-0.2, -0.15) is 0 Å². The molecule has 0 aliphatic carbocycles. The van der Waals surface area contributed by atoms with Crippen LogP contribution in [0.2, 0.25) is 0 Å². The lowest BCUT2D eigenvalue weighted by Gasteiger charge is -2.13. The summed E-state index contributed by atoms with van der Waals surface area (Å²) in [6.45, 7) is 2.02. The maximum absolute atomic E-state index is 13.1. The van der Waals surface area contributed by atoms with Crippen LogP contribution in [0.4, 0.5) is 10.1 Å². The first-order valence-electron chi connectivity index (χ1n) is 9.89. The van der Waals surface area contributed by atoms with E-state index in [1.54, 1.807) is 7.11 Å².